The van der Waals surface area contributed by atoms with Crippen molar-refractivity contribution in [2.75, 3.05) is 7.11 Å². The van der Waals surface area contributed by atoms with Crippen molar-refractivity contribution in [3.05, 3.63) is 53.8 Å². The van der Waals surface area contributed by atoms with Crippen LogP contribution in [0.4, 0.5) is 4.39 Å². The summed E-state index contributed by atoms with van der Waals surface area (Å²) in [5.41, 5.74) is 1.40. The summed E-state index contributed by atoms with van der Waals surface area (Å²) < 4.78 is 19.0. The van der Waals surface area contributed by atoms with E-state index in [2.05, 4.69) is 6.07 Å². The van der Waals surface area contributed by atoms with Crippen LogP contribution in [0.5, 0.6) is 5.75 Å². The number of methoxy groups -OCH3 is 1. The highest BCUT2D eigenvalue weighted by atomic mass is 19.1. The van der Waals surface area contributed by atoms with Crippen molar-refractivity contribution in [2.45, 2.75) is 0 Å². The molecule has 3 heteroatoms. The molecule has 0 unspecified atom stereocenters. The Morgan fingerprint density at radius 2 is 1.76 bits per heavy atom. The smallest absolute Gasteiger partial charge is 0.172 e. The average molecular weight is 227 g/mol. The molecule has 0 aliphatic rings. The van der Waals surface area contributed by atoms with Crippen LogP contribution in [0.15, 0.2) is 42.5 Å². The molecule has 84 valence electrons. The van der Waals surface area contributed by atoms with E-state index in [-0.39, 0.29) is 5.75 Å². The number of halogens is 1. The predicted octanol–water partition coefficient (Wildman–Crippen LogP) is 3.37. The second kappa shape index (κ2) is 4.67. The molecule has 0 spiro atoms. The minimum atomic E-state index is -0.447. The molecule has 0 radical (unpaired) electrons. The van der Waals surface area contributed by atoms with Gasteiger partial charge in [0.25, 0.3) is 0 Å². The van der Waals surface area contributed by atoms with Crippen molar-refractivity contribution < 1.29 is 9.13 Å². The molecule has 0 aliphatic heterocycles. The van der Waals surface area contributed by atoms with E-state index in [9.17, 15) is 4.39 Å². The van der Waals surface area contributed by atoms with Gasteiger partial charge in [-0.3, -0.25) is 0 Å². The summed E-state index contributed by atoms with van der Waals surface area (Å²) in [4.78, 5) is 0. The van der Waals surface area contributed by atoms with E-state index in [1.54, 1.807) is 42.5 Å². The molecule has 2 rings (SSSR count). The van der Waals surface area contributed by atoms with Crippen LogP contribution >= 0.6 is 0 Å². The Bertz CT molecular complexity index is 587. The summed E-state index contributed by atoms with van der Waals surface area (Å²) in [6.07, 6.45) is 0. The maximum Gasteiger partial charge on any atom is 0.172 e. The zero-order valence-electron chi connectivity index (χ0n) is 9.27. The monoisotopic (exact) mass is 227 g/mol. The first-order valence-electron chi connectivity index (χ1n) is 5.10. The lowest BCUT2D eigenvalue weighted by atomic mass is 10.00. The van der Waals surface area contributed by atoms with Crippen molar-refractivity contribution in [3.63, 3.8) is 0 Å². The standard InChI is InChI=1S/C14H10FNO/c1-17-13-8-4-7-12(14(13)15)11-6-3-2-5-10(11)9-16/h2-8H,1H3. The van der Waals surface area contributed by atoms with Gasteiger partial charge in [0.15, 0.2) is 11.6 Å². The Hall–Kier alpha value is -2.34. The Morgan fingerprint density at radius 1 is 1.06 bits per heavy atom. The number of ether oxygens (including phenoxy) is 1. The highest BCUT2D eigenvalue weighted by Crippen LogP contribution is 2.30. The Kier molecular flexibility index (Phi) is 3.06. The van der Waals surface area contributed by atoms with Gasteiger partial charge in [-0.1, -0.05) is 30.3 Å². The maximum absolute atomic E-state index is 14.0. The summed E-state index contributed by atoms with van der Waals surface area (Å²) in [5.74, 6) is -0.270. The third kappa shape index (κ3) is 1.98. The number of nitriles is 1. The van der Waals surface area contributed by atoms with E-state index in [0.717, 1.165) is 0 Å². The summed E-state index contributed by atoms with van der Waals surface area (Å²) in [6.45, 7) is 0. The number of hydrogen-bond donors (Lipinski definition) is 0. The van der Waals surface area contributed by atoms with Gasteiger partial charge in [-0.25, -0.2) is 4.39 Å². The second-order valence-electron chi connectivity index (χ2n) is 3.48. The molecule has 0 atom stereocenters. The Morgan fingerprint density at radius 3 is 2.47 bits per heavy atom. The quantitative estimate of drug-likeness (QED) is 0.788. The van der Waals surface area contributed by atoms with Crippen LogP contribution in [0.25, 0.3) is 11.1 Å². The number of nitrogens with zero attached hydrogens (tertiary/aromatic N) is 1. The van der Waals surface area contributed by atoms with Crippen molar-refractivity contribution in [3.8, 4) is 22.9 Å². The molecular weight excluding hydrogens is 217 g/mol. The van der Waals surface area contributed by atoms with Crippen molar-refractivity contribution >= 4 is 0 Å². The molecule has 0 heterocycles. The molecule has 17 heavy (non-hydrogen) atoms. The van der Waals surface area contributed by atoms with Gasteiger partial charge in [-0.05, 0) is 12.1 Å². The SMILES string of the molecule is COc1cccc(-c2ccccc2C#N)c1F. The topological polar surface area (TPSA) is 33.0 Å². The van der Waals surface area contributed by atoms with Crippen LogP contribution in [0.2, 0.25) is 0 Å². The fraction of sp³-hybridized carbons (Fsp3) is 0.0714. The third-order valence-electron chi connectivity index (χ3n) is 2.52. The molecular formula is C14H10FNO. The van der Waals surface area contributed by atoms with Crippen molar-refractivity contribution in [1.29, 1.82) is 5.26 Å². The lowest BCUT2D eigenvalue weighted by molar-refractivity contribution is 0.387. The first-order chi connectivity index (χ1) is 8.27. The molecule has 0 saturated heterocycles. The van der Waals surface area contributed by atoms with Crippen molar-refractivity contribution in [2.24, 2.45) is 0 Å². The number of hydrogen-bond acceptors (Lipinski definition) is 2. The Balaban J connectivity index is 2.65. The van der Waals surface area contributed by atoms with Gasteiger partial charge in [-0.2, -0.15) is 5.26 Å². The highest BCUT2D eigenvalue weighted by molar-refractivity contribution is 5.72. The van der Waals surface area contributed by atoms with Gasteiger partial charge in [0, 0.05) is 11.1 Å². The van der Waals surface area contributed by atoms with Gasteiger partial charge in [0.1, 0.15) is 0 Å². The molecule has 2 nitrogen and oxygen atoms in total. The first-order valence-corrected chi connectivity index (χ1v) is 5.10. The predicted molar refractivity (Wildman–Crippen MR) is 63.1 cm³/mol. The molecule has 0 amide bonds. The zero-order chi connectivity index (χ0) is 12.3. The van der Waals surface area contributed by atoms with Gasteiger partial charge >= 0.3 is 0 Å². The van der Waals surface area contributed by atoms with Gasteiger partial charge < -0.3 is 4.74 Å². The molecule has 0 N–H and O–H groups in total. The maximum atomic E-state index is 14.0. The van der Waals surface area contributed by atoms with E-state index < -0.39 is 5.82 Å². The van der Waals surface area contributed by atoms with Gasteiger partial charge in [0.05, 0.1) is 18.7 Å². The number of rotatable bonds is 2. The van der Waals surface area contributed by atoms with E-state index in [1.165, 1.54) is 7.11 Å². The molecule has 2 aromatic rings. The van der Waals surface area contributed by atoms with E-state index in [4.69, 9.17) is 10.00 Å². The molecule has 0 bridgehead atoms. The van der Waals surface area contributed by atoms with Gasteiger partial charge in [-0.15, -0.1) is 0 Å². The highest BCUT2D eigenvalue weighted by Gasteiger charge is 2.12. The van der Waals surface area contributed by atoms with Crippen LogP contribution in [-0.2, 0) is 0 Å². The Labute approximate surface area is 98.9 Å². The van der Waals surface area contributed by atoms with Gasteiger partial charge in [0.2, 0.25) is 0 Å². The largest absolute Gasteiger partial charge is 0.494 e. The van der Waals surface area contributed by atoms with Crippen LogP contribution in [0, 0.1) is 17.1 Å². The van der Waals surface area contributed by atoms with Crippen LogP contribution in [0.1, 0.15) is 5.56 Å². The minimum absolute atomic E-state index is 0.176. The second-order valence-corrected chi connectivity index (χ2v) is 3.48. The molecule has 0 fully saturated rings. The van der Waals surface area contributed by atoms with Crippen LogP contribution < -0.4 is 4.74 Å². The first kappa shape index (κ1) is 11.2. The van der Waals surface area contributed by atoms with E-state index in [1.807, 2.05) is 0 Å². The molecule has 0 saturated carbocycles. The lowest BCUT2D eigenvalue weighted by Crippen LogP contribution is -1.92. The minimum Gasteiger partial charge on any atom is -0.494 e. The van der Waals surface area contributed by atoms with Crippen molar-refractivity contribution in [1.82, 2.24) is 0 Å². The van der Waals surface area contributed by atoms with Crippen LogP contribution in [0.3, 0.4) is 0 Å². The van der Waals surface area contributed by atoms with E-state index in [0.29, 0.717) is 16.7 Å². The fourth-order valence-corrected chi connectivity index (χ4v) is 1.69. The number of benzene rings is 2. The third-order valence-corrected chi connectivity index (χ3v) is 2.52. The summed E-state index contributed by atoms with van der Waals surface area (Å²) in [6, 6.07) is 13.8. The van der Waals surface area contributed by atoms with E-state index >= 15 is 0 Å². The lowest BCUT2D eigenvalue weighted by Gasteiger charge is -2.08. The normalized spacial score (nSPS) is 9.71. The molecule has 0 aromatic heterocycles. The fourth-order valence-electron chi connectivity index (χ4n) is 1.69. The average Bonchev–Trinajstić information content (AvgIpc) is 2.39. The summed E-state index contributed by atoms with van der Waals surface area (Å²) in [7, 11) is 1.42. The molecule has 2 aromatic carbocycles. The summed E-state index contributed by atoms with van der Waals surface area (Å²) >= 11 is 0. The molecule has 0 aliphatic carbocycles. The van der Waals surface area contributed by atoms with Crippen LogP contribution in [-0.4, -0.2) is 7.11 Å². The zero-order valence-corrected chi connectivity index (χ0v) is 9.27. The summed E-state index contributed by atoms with van der Waals surface area (Å²) in [5, 5.41) is 8.99.